The fraction of sp³-hybridized carbons (Fsp3) is 0.303. The van der Waals surface area contributed by atoms with Crippen molar-refractivity contribution >= 4 is 44.1 Å². The van der Waals surface area contributed by atoms with Gasteiger partial charge in [0.1, 0.15) is 17.6 Å². The van der Waals surface area contributed by atoms with Crippen LogP contribution in [0.25, 0.3) is 16.0 Å². The summed E-state index contributed by atoms with van der Waals surface area (Å²) < 4.78 is 18.5. The van der Waals surface area contributed by atoms with E-state index in [0.29, 0.717) is 47.4 Å². The molecule has 3 heterocycles. The molecule has 3 aromatic carbocycles. The Labute approximate surface area is 248 Å². The number of nitrogens with zero attached hydrogens (tertiary/aromatic N) is 2. The number of aromatic nitrogens is 1. The van der Waals surface area contributed by atoms with Crippen molar-refractivity contribution in [1.29, 1.82) is 0 Å². The summed E-state index contributed by atoms with van der Waals surface area (Å²) in [6.45, 7) is 8.79. The van der Waals surface area contributed by atoms with Crippen LogP contribution in [0.3, 0.4) is 0 Å². The van der Waals surface area contributed by atoms with Gasteiger partial charge >= 0.3 is 5.91 Å². The number of hydrogen-bond acceptors (Lipinski definition) is 8. The molecule has 1 N–H and O–H groups in total. The van der Waals surface area contributed by atoms with Gasteiger partial charge in [0, 0.05) is 12.0 Å². The Morgan fingerprint density at radius 1 is 1.07 bits per heavy atom. The molecule has 4 aromatic rings. The van der Waals surface area contributed by atoms with Crippen molar-refractivity contribution in [3.63, 3.8) is 0 Å². The number of ketones is 1. The lowest BCUT2D eigenvalue weighted by Gasteiger charge is -2.24. The second kappa shape index (κ2) is 11.1. The highest BCUT2D eigenvalue weighted by Crippen LogP contribution is 2.46. The predicted molar refractivity (Wildman–Crippen MR) is 163 cm³/mol. The molecule has 1 fully saturated rings. The normalized spacial score (nSPS) is 19.3. The van der Waals surface area contributed by atoms with Crippen molar-refractivity contribution in [3.8, 4) is 17.2 Å². The summed E-state index contributed by atoms with van der Waals surface area (Å²) in [7, 11) is 0. The molecule has 1 amide bonds. The van der Waals surface area contributed by atoms with Gasteiger partial charge in [0.2, 0.25) is 0 Å². The number of aliphatic hydroxyl groups excluding tert-OH is 1. The van der Waals surface area contributed by atoms with Gasteiger partial charge in [0.25, 0.3) is 5.78 Å². The van der Waals surface area contributed by atoms with E-state index < -0.39 is 17.7 Å². The number of anilines is 1. The molecule has 0 unspecified atom stereocenters. The third-order valence-corrected chi connectivity index (χ3v) is 8.42. The number of thiazole rings is 1. The number of aryl methyl sites for hydroxylation is 1. The Balaban J connectivity index is 1.53. The van der Waals surface area contributed by atoms with Crippen LogP contribution in [0.1, 0.15) is 55.5 Å². The molecule has 6 rings (SSSR count). The maximum atomic E-state index is 13.8. The Morgan fingerprint density at radius 2 is 1.90 bits per heavy atom. The summed E-state index contributed by atoms with van der Waals surface area (Å²) in [6, 6.07) is 15.6. The lowest BCUT2D eigenvalue weighted by molar-refractivity contribution is -0.132. The molecule has 1 aromatic heterocycles. The predicted octanol–water partition coefficient (Wildman–Crippen LogP) is 6.74. The summed E-state index contributed by atoms with van der Waals surface area (Å²) >= 11 is 1.33. The molecule has 8 nitrogen and oxygen atoms in total. The van der Waals surface area contributed by atoms with E-state index in [1.807, 2.05) is 52.0 Å². The average molecular weight is 585 g/mol. The van der Waals surface area contributed by atoms with Gasteiger partial charge in [0.05, 0.1) is 35.0 Å². The Kier molecular flexibility index (Phi) is 7.36. The van der Waals surface area contributed by atoms with Gasteiger partial charge in [-0.15, -0.1) is 0 Å². The van der Waals surface area contributed by atoms with Crippen molar-refractivity contribution in [3.05, 3.63) is 82.4 Å². The molecular weight excluding hydrogens is 552 g/mol. The molecule has 216 valence electrons. The van der Waals surface area contributed by atoms with Crippen LogP contribution in [0, 0.1) is 6.92 Å². The van der Waals surface area contributed by atoms with E-state index in [4.69, 9.17) is 19.2 Å². The van der Waals surface area contributed by atoms with Crippen LogP contribution in [-0.2, 0) is 16.0 Å². The van der Waals surface area contributed by atoms with Crippen LogP contribution in [0.2, 0.25) is 0 Å². The number of amides is 1. The highest BCUT2D eigenvalue weighted by atomic mass is 32.1. The molecule has 42 heavy (non-hydrogen) atoms. The number of carbonyl (C=O) groups is 2. The molecule has 0 spiro atoms. The number of aliphatic hydroxyl groups is 1. The maximum Gasteiger partial charge on any atom is 0.301 e. The highest BCUT2D eigenvalue weighted by molar-refractivity contribution is 7.22. The minimum Gasteiger partial charge on any atom is -0.507 e. The molecule has 0 bridgehead atoms. The van der Waals surface area contributed by atoms with Crippen molar-refractivity contribution in [1.82, 2.24) is 4.98 Å². The van der Waals surface area contributed by atoms with Crippen LogP contribution < -0.4 is 19.1 Å². The number of hydrogen-bond donors (Lipinski definition) is 1. The molecule has 0 radical (unpaired) electrons. The first-order valence-electron chi connectivity index (χ1n) is 14.2. The summed E-state index contributed by atoms with van der Waals surface area (Å²) in [5.41, 5.74) is 3.77. The molecule has 0 aliphatic carbocycles. The van der Waals surface area contributed by atoms with Gasteiger partial charge in [-0.1, -0.05) is 30.4 Å². The lowest BCUT2D eigenvalue weighted by Crippen LogP contribution is -2.29. The number of ether oxygens (including phenoxy) is 3. The molecule has 2 aliphatic heterocycles. The van der Waals surface area contributed by atoms with E-state index in [2.05, 4.69) is 0 Å². The molecule has 1 saturated heterocycles. The third kappa shape index (κ3) is 4.87. The first-order chi connectivity index (χ1) is 20.3. The van der Waals surface area contributed by atoms with Gasteiger partial charge in [-0.3, -0.25) is 14.5 Å². The van der Waals surface area contributed by atoms with Crippen LogP contribution in [0.5, 0.6) is 17.2 Å². The van der Waals surface area contributed by atoms with E-state index in [9.17, 15) is 14.7 Å². The quantitative estimate of drug-likeness (QED) is 0.139. The van der Waals surface area contributed by atoms with E-state index in [1.165, 1.54) is 16.2 Å². The number of benzene rings is 3. The minimum atomic E-state index is -0.936. The zero-order valence-corrected chi connectivity index (χ0v) is 24.8. The van der Waals surface area contributed by atoms with Gasteiger partial charge < -0.3 is 19.3 Å². The average Bonchev–Trinajstić information content (AvgIpc) is 3.63. The number of Topliss-reactive ketones (excluding diaryl/α,β-unsaturated/α-hetero) is 1. The zero-order chi connectivity index (χ0) is 29.5. The Hall–Kier alpha value is -4.37. The fourth-order valence-electron chi connectivity index (χ4n) is 5.49. The Morgan fingerprint density at radius 3 is 2.69 bits per heavy atom. The van der Waals surface area contributed by atoms with Crippen molar-refractivity contribution in [2.24, 2.45) is 0 Å². The van der Waals surface area contributed by atoms with E-state index in [0.717, 1.165) is 33.5 Å². The SMILES string of the molecule is CCCOc1ccc([C@@H]2/C(=C(\O)c3ccc4c(c3)C[C@H](C)O4)C(=O)C(=O)N2c2nc3ccc(C)cc3s2)cc1OCC. The van der Waals surface area contributed by atoms with Crippen molar-refractivity contribution in [2.75, 3.05) is 18.1 Å². The molecule has 2 atom stereocenters. The monoisotopic (exact) mass is 584 g/mol. The summed E-state index contributed by atoms with van der Waals surface area (Å²) in [5, 5.41) is 12.1. The molecule has 2 aliphatic rings. The third-order valence-electron chi connectivity index (χ3n) is 7.40. The van der Waals surface area contributed by atoms with Crippen LogP contribution in [0.4, 0.5) is 5.13 Å². The first-order valence-corrected chi connectivity index (χ1v) is 15.0. The summed E-state index contributed by atoms with van der Waals surface area (Å²) in [4.78, 5) is 33.6. The van der Waals surface area contributed by atoms with Crippen molar-refractivity contribution in [2.45, 2.75) is 52.7 Å². The first kappa shape index (κ1) is 27.8. The van der Waals surface area contributed by atoms with Gasteiger partial charge in [-0.05, 0) is 86.3 Å². The molecule has 9 heteroatoms. The van der Waals surface area contributed by atoms with Crippen LogP contribution in [-0.4, -0.2) is 41.1 Å². The molecular formula is C33H32N2O6S. The van der Waals surface area contributed by atoms with Crippen molar-refractivity contribution < 1.29 is 28.9 Å². The maximum absolute atomic E-state index is 13.8. The highest BCUT2D eigenvalue weighted by Gasteiger charge is 2.48. The standard InChI is InChI=1S/C33H32N2O6S/c1-5-13-40-25-12-8-20(17-26(25)39-6-2)29-28(30(36)21-9-11-24-22(16-21)15-19(4)41-24)31(37)32(38)35(29)33-34-23-10-7-18(3)14-27(23)42-33/h7-12,14,16-17,19,29,36H,5-6,13,15H2,1-4H3/b30-28+/t19-,29+/m0/s1. The van der Waals surface area contributed by atoms with Crippen LogP contribution in [0.15, 0.2) is 60.2 Å². The summed E-state index contributed by atoms with van der Waals surface area (Å²) in [5.74, 6) is 0.0524. The van der Waals surface area contributed by atoms with Gasteiger partial charge in [-0.2, -0.15) is 0 Å². The second-order valence-corrected chi connectivity index (χ2v) is 11.6. The number of rotatable bonds is 8. The van der Waals surface area contributed by atoms with E-state index in [1.54, 1.807) is 30.3 Å². The zero-order valence-electron chi connectivity index (χ0n) is 24.0. The van der Waals surface area contributed by atoms with Gasteiger partial charge in [0.15, 0.2) is 16.6 Å². The number of fused-ring (bicyclic) bond motifs is 2. The fourth-order valence-corrected chi connectivity index (χ4v) is 6.58. The summed E-state index contributed by atoms with van der Waals surface area (Å²) in [6.07, 6.45) is 1.54. The van der Waals surface area contributed by atoms with E-state index in [-0.39, 0.29) is 17.4 Å². The second-order valence-electron chi connectivity index (χ2n) is 10.6. The van der Waals surface area contributed by atoms with E-state index >= 15 is 0 Å². The number of carbonyl (C=O) groups excluding carboxylic acids is 2. The van der Waals surface area contributed by atoms with Gasteiger partial charge in [-0.25, -0.2) is 4.98 Å². The smallest absolute Gasteiger partial charge is 0.301 e. The largest absolute Gasteiger partial charge is 0.507 e. The molecule has 0 saturated carbocycles. The van der Waals surface area contributed by atoms with Crippen LogP contribution >= 0.6 is 11.3 Å². The Bertz CT molecular complexity index is 1740. The minimum absolute atomic E-state index is 0.00738. The topological polar surface area (TPSA) is 98.2 Å². The lowest BCUT2D eigenvalue weighted by atomic mass is 9.94.